The summed E-state index contributed by atoms with van der Waals surface area (Å²) < 4.78 is 6.12. The third-order valence-corrected chi connectivity index (χ3v) is 15.1. The van der Waals surface area contributed by atoms with Crippen LogP contribution in [0.4, 0.5) is 17.1 Å². The lowest BCUT2D eigenvalue weighted by Gasteiger charge is -2.28. The first-order valence-corrected chi connectivity index (χ1v) is 25.0. The van der Waals surface area contributed by atoms with E-state index in [9.17, 15) is 0 Å². The zero-order chi connectivity index (χ0) is 47.4. The van der Waals surface area contributed by atoms with Gasteiger partial charge in [-0.25, -0.2) is 0 Å². The zero-order valence-electron chi connectivity index (χ0n) is 39.2. The maximum Gasteiger partial charge on any atom is 0.0561 e. The van der Waals surface area contributed by atoms with E-state index in [0.717, 1.165) is 50.6 Å². The van der Waals surface area contributed by atoms with Gasteiger partial charge in [0.05, 0.1) is 27.8 Å². The number of aromatic nitrogens is 2. The van der Waals surface area contributed by atoms with Crippen molar-refractivity contribution in [3.63, 3.8) is 0 Å². The Hall–Kier alpha value is -8.96. The second-order valence-corrected chi connectivity index (χ2v) is 19.4. The van der Waals surface area contributed by atoms with E-state index in [1.54, 1.807) is 0 Å². The molecule has 0 aliphatic rings. The van der Waals surface area contributed by atoms with Crippen LogP contribution in [-0.2, 0) is 0 Å². The van der Waals surface area contributed by atoms with Gasteiger partial charge in [-0.15, -0.1) is 11.3 Å². The third kappa shape index (κ3) is 7.27. The second-order valence-electron chi connectivity index (χ2n) is 18.2. The Kier molecular flexibility index (Phi) is 10.4. The van der Waals surface area contributed by atoms with E-state index in [0.29, 0.717) is 0 Å². The summed E-state index contributed by atoms with van der Waals surface area (Å²) in [4.78, 5) is 3.75. The molecule has 0 saturated heterocycles. The predicted octanol–water partition coefficient (Wildman–Crippen LogP) is 19.1. The van der Waals surface area contributed by atoms with Gasteiger partial charge >= 0.3 is 0 Å². The van der Waals surface area contributed by atoms with E-state index < -0.39 is 0 Å². The molecule has 0 saturated carbocycles. The highest BCUT2D eigenvalue weighted by molar-refractivity contribution is 7.19. The van der Waals surface area contributed by atoms with E-state index in [1.165, 1.54) is 75.4 Å². The number of hydrogen-bond donors (Lipinski definition) is 0. The van der Waals surface area contributed by atoms with Gasteiger partial charge in [-0.3, -0.25) is 0 Å². The molecule has 336 valence electrons. The molecule has 0 spiro atoms. The van der Waals surface area contributed by atoms with Crippen LogP contribution in [0.15, 0.2) is 255 Å². The lowest BCUT2D eigenvalue weighted by Crippen LogP contribution is -2.11. The first kappa shape index (κ1) is 42.2. The highest BCUT2D eigenvalue weighted by Gasteiger charge is 2.23. The summed E-state index contributed by atoms with van der Waals surface area (Å²) in [7, 11) is 0. The lowest BCUT2D eigenvalue weighted by molar-refractivity contribution is 1.18. The topological polar surface area (TPSA) is 13.1 Å². The molecule has 0 aliphatic carbocycles. The van der Waals surface area contributed by atoms with Crippen LogP contribution in [0, 0.1) is 6.92 Å². The molecule has 71 heavy (non-hydrogen) atoms. The molecule has 3 heterocycles. The summed E-state index contributed by atoms with van der Waals surface area (Å²) in [5.41, 5.74) is 18.4. The average Bonchev–Trinajstić information content (AvgIpc) is 4.06. The summed E-state index contributed by atoms with van der Waals surface area (Å²) in [6.07, 6.45) is 6.06. The van der Waals surface area contributed by atoms with Gasteiger partial charge < -0.3 is 14.0 Å². The number of benzene rings is 10. The Morgan fingerprint density at radius 3 is 1.59 bits per heavy atom. The Bertz CT molecular complexity index is 4130. The van der Waals surface area contributed by atoms with Crippen LogP contribution in [0.3, 0.4) is 0 Å². The highest BCUT2D eigenvalue weighted by Crippen LogP contribution is 2.46. The fourth-order valence-corrected chi connectivity index (χ4v) is 11.9. The lowest BCUT2D eigenvalue weighted by atomic mass is 9.97. The Balaban J connectivity index is 1.04. The van der Waals surface area contributed by atoms with Crippen molar-refractivity contribution in [2.24, 2.45) is 0 Å². The van der Waals surface area contributed by atoms with Crippen molar-refractivity contribution in [1.29, 1.82) is 0 Å². The third-order valence-electron chi connectivity index (χ3n) is 14.0. The van der Waals surface area contributed by atoms with Gasteiger partial charge in [0.25, 0.3) is 0 Å². The van der Waals surface area contributed by atoms with E-state index >= 15 is 0 Å². The van der Waals surface area contributed by atoms with Crippen molar-refractivity contribution in [2.45, 2.75) is 6.92 Å². The van der Waals surface area contributed by atoms with Crippen LogP contribution < -0.4 is 4.90 Å². The number of thiophene rings is 1. The fraction of sp³-hybridized carbons (Fsp3) is 0.0149. The molecule has 0 unspecified atom stereocenters. The normalized spacial score (nSPS) is 11.7. The molecule has 0 aliphatic heterocycles. The zero-order valence-corrected chi connectivity index (χ0v) is 40.0. The van der Waals surface area contributed by atoms with Gasteiger partial charge in [0, 0.05) is 64.8 Å². The van der Waals surface area contributed by atoms with Gasteiger partial charge in [0.2, 0.25) is 0 Å². The number of hydrogen-bond acceptors (Lipinski definition) is 2. The van der Waals surface area contributed by atoms with Crippen LogP contribution in [0.2, 0.25) is 0 Å². The number of nitrogens with zero attached hydrogens (tertiary/aromatic N) is 3. The van der Waals surface area contributed by atoms with Crippen LogP contribution in [0.1, 0.15) is 10.4 Å². The number of aryl methyl sites for hydroxylation is 1. The van der Waals surface area contributed by atoms with Gasteiger partial charge in [-0.05, 0) is 119 Å². The maximum absolute atomic E-state index is 3.95. The smallest absolute Gasteiger partial charge is 0.0561 e. The van der Waals surface area contributed by atoms with Gasteiger partial charge in [-0.1, -0.05) is 183 Å². The monoisotopic (exact) mass is 925 g/mol. The molecular formula is C67H47N3S. The summed E-state index contributed by atoms with van der Waals surface area (Å²) in [5.74, 6) is 0. The predicted molar refractivity (Wildman–Crippen MR) is 305 cm³/mol. The molecule has 13 aromatic rings. The molecule has 13 rings (SSSR count). The fourth-order valence-electron chi connectivity index (χ4n) is 10.8. The average molecular weight is 926 g/mol. The number of allylic oxidation sites excluding steroid dienone is 2. The minimum atomic E-state index is 1.07. The molecule has 0 N–H and O–H groups in total. The molecule has 3 aromatic heterocycles. The summed E-state index contributed by atoms with van der Waals surface area (Å²) in [6, 6.07) is 86.7. The van der Waals surface area contributed by atoms with Crippen LogP contribution in [0.5, 0.6) is 0 Å². The number of anilines is 3. The van der Waals surface area contributed by atoms with E-state index in [1.807, 2.05) is 23.5 Å². The van der Waals surface area contributed by atoms with Crippen molar-refractivity contribution in [3.8, 4) is 44.8 Å². The summed E-state index contributed by atoms with van der Waals surface area (Å²) in [5, 5.41) is 6.12. The van der Waals surface area contributed by atoms with Crippen molar-refractivity contribution < 1.29 is 0 Å². The van der Waals surface area contributed by atoms with Crippen LogP contribution in [0.25, 0.3) is 105 Å². The number of rotatable bonds is 10. The van der Waals surface area contributed by atoms with Crippen molar-refractivity contribution in [2.75, 3.05) is 4.90 Å². The molecule has 0 bridgehead atoms. The standard InChI is InChI=1S/C67H47N3S/c1-3-4-26-55-45(2)71-67-44-53(35-38-61(55)67)68(52-34-37-60-58-29-15-18-31-63(58)69(66(60)43-52)51-24-12-7-13-25-51)62-30-17-14-27-56(62)48-33-36-59-57-28-16-19-32-64(57)70(65(59)42-48)54-40-49(46-20-8-5-9-21-46)39-50(41-54)47-22-10-6-11-23-47/h3-44H,1H2,2H3/b26-4-. The maximum atomic E-state index is 3.95. The minimum absolute atomic E-state index is 1.07. The van der Waals surface area contributed by atoms with Gasteiger partial charge in [-0.2, -0.15) is 0 Å². The molecule has 0 fully saturated rings. The van der Waals surface area contributed by atoms with Crippen LogP contribution in [-0.4, -0.2) is 9.13 Å². The number of para-hydroxylation sites is 4. The Morgan fingerprint density at radius 1 is 0.408 bits per heavy atom. The molecule has 10 aromatic carbocycles. The quantitative estimate of drug-likeness (QED) is 0.125. The summed E-state index contributed by atoms with van der Waals surface area (Å²) in [6.45, 7) is 6.17. The molecule has 4 heteroatoms. The van der Waals surface area contributed by atoms with E-state index in [4.69, 9.17) is 0 Å². The Morgan fingerprint density at radius 2 is 0.930 bits per heavy atom. The minimum Gasteiger partial charge on any atom is -0.310 e. The second kappa shape index (κ2) is 17.5. The van der Waals surface area contributed by atoms with Crippen molar-refractivity contribution >= 4 is 88.2 Å². The first-order chi connectivity index (χ1) is 35.1. The van der Waals surface area contributed by atoms with Gasteiger partial charge in [0.15, 0.2) is 0 Å². The number of fused-ring (bicyclic) bond motifs is 7. The highest BCUT2D eigenvalue weighted by atomic mass is 32.1. The SMILES string of the molecule is C=C/C=C\c1c(C)sc2cc(N(c3ccc4c5ccccc5n(-c5ccccc5)c4c3)c3ccccc3-c3ccc4c5ccccc5n(-c5cc(-c6ccccc6)cc(-c6ccccc6)c5)c4c3)ccc12. The molecule has 0 radical (unpaired) electrons. The largest absolute Gasteiger partial charge is 0.310 e. The molecular weight excluding hydrogens is 879 g/mol. The molecule has 0 amide bonds. The van der Waals surface area contributed by atoms with E-state index in [2.05, 4.69) is 270 Å². The molecule has 0 atom stereocenters. The van der Waals surface area contributed by atoms with Crippen LogP contribution >= 0.6 is 11.3 Å². The van der Waals surface area contributed by atoms with Crippen molar-refractivity contribution in [3.05, 3.63) is 266 Å². The van der Waals surface area contributed by atoms with E-state index in [-0.39, 0.29) is 0 Å². The first-order valence-electron chi connectivity index (χ1n) is 24.2. The summed E-state index contributed by atoms with van der Waals surface area (Å²) >= 11 is 1.84. The molecule has 3 nitrogen and oxygen atoms in total. The van der Waals surface area contributed by atoms with Gasteiger partial charge in [0.1, 0.15) is 0 Å². The Labute approximate surface area is 417 Å². The van der Waals surface area contributed by atoms with Crippen molar-refractivity contribution in [1.82, 2.24) is 9.13 Å².